The van der Waals surface area contributed by atoms with Gasteiger partial charge in [-0.3, -0.25) is 4.79 Å². The van der Waals surface area contributed by atoms with Crippen LogP contribution in [0.4, 0.5) is 4.79 Å². The normalized spacial score (nSPS) is 12.0. The molecular weight excluding hydrogens is 368 g/mol. The number of aryl methyl sites for hydroxylation is 1. The van der Waals surface area contributed by atoms with Crippen molar-refractivity contribution in [3.63, 3.8) is 0 Å². The summed E-state index contributed by atoms with van der Waals surface area (Å²) in [5.74, 6) is -0.251. The summed E-state index contributed by atoms with van der Waals surface area (Å²) in [7, 11) is -1.83. The van der Waals surface area contributed by atoms with Crippen LogP contribution in [0, 0.1) is 0 Å². The number of thiophene rings is 1. The highest BCUT2D eigenvalue weighted by molar-refractivity contribution is 7.14. The van der Waals surface area contributed by atoms with Crippen molar-refractivity contribution in [3.8, 4) is 5.06 Å². The summed E-state index contributed by atoms with van der Waals surface area (Å²) in [5, 5.41) is 5.89. The van der Waals surface area contributed by atoms with Gasteiger partial charge in [0, 0.05) is 18.0 Å². The van der Waals surface area contributed by atoms with E-state index in [0.29, 0.717) is 30.3 Å². The first-order valence-corrected chi connectivity index (χ1v) is 12.7. The first kappa shape index (κ1) is 22.7. The number of hydrogen-bond acceptors (Lipinski definition) is 5. The zero-order chi connectivity index (χ0) is 20.0. The molecule has 0 saturated heterocycles. The SMILES string of the molecule is CCNC(=O)Oc1sc(CC)cc1C(=O)NCCO[Si](C)(C)C(C)(C)C. The second kappa shape index (κ2) is 9.52. The molecule has 2 amide bonds. The van der Waals surface area contributed by atoms with E-state index in [0.717, 1.165) is 11.3 Å². The zero-order valence-electron chi connectivity index (χ0n) is 16.9. The highest BCUT2D eigenvalue weighted by Gasteiger charge is 2.36. The van der Waals surface area contributed by atoms with E-state index in [2.05, 4.69) is 44.5 Å². The van der Waals surface area contributed by atoms with Crippen LogP contribution in [-0.4, -0.2) is 40.0 Å². The minimum atomic E-state index is -1.83. The molecular formula is C18H32N2O4SSi. The molecule has 0 aliphatic rings. The zero-order valence-corrected chi connectivity index (χ0v) is 18.8. The van der Waals surface area contributed by atoms with Gasteiger partial charge in [-0.1, -0.05) is 27.7 Å². The molecule has 26 heavy (non-hydrogen) atoms. The maximum absolute atomic E-state index is 12.5. The second-order valence-electron chi connectivity index (χ2n) is 7.55. The van der Waals surface area contributed by atoms with Gasteiger partial charge in [0.25, 0.3) is 5.91 Å². The molecule has 8 heteroatoms. The highest BCUT2D eigenvalue weighted by atomic mass is 32.1. The Balaban J connectivity index is 2.66. The lowest BCUT2D eigenvalue weighted by atomic mass is 10.2. The van der Waals surface area contributed by atoms with Crippen molar-refractivity contribution in [2.45, 2.75) is 59.2 Å². The van der Waals surface area contributed by atoms with E-state index in [-0.39, 0.29) is 10.9 Å². The van der Waals surface area contributed by atoms with Gasteiger partial charge in [0.15, 0.2) is 13.4 Å². The topological polar surface area (TPSA) is 76.7 Å². The van der Waals surface area contributed by atoms with Crippen LogP contribution < -0.4 is 15.4 Å². The molecule has 1 heterocycles. The maximum Gasteiger partial charge on any atom is 0.413 e. The Kier molecular flexibility index (Phi) is 8.30. The standard InChI is InChI=1S/C18H32N2O4SSi/c1-8-13-12-14(16(25-13)24-17(22)19-9-2)15(21)20-10-11-23-26(6,7)18(3,4)5/h12H,8-11H2,1-7H3,(H,19,22)(H,20,21). The summed E-state index contributed by atoms with van der Waals surface area (Å²) < 4.78 is 11.3. The lowest BCUT2D eigenvalue weighted by Crippen LogP contribution is -2.42. The quantitative estimate of drug-likeness (QED) is 0.507. The third-order valence-corrected chi connectivity index (χ3v) is 10.2. The summed E-state index contributed by atoms with van der Waals surface area (Å²) >= 11 is 1.32. The predicted molar refractivity (Wildman–Crippen MR) is 109 cm³/mol. The van der Waals surface area contributed by atoms with E-state index in [1.165, 1.54) is 11.3 Å². The third kappa shape index (κ3) is 6.41. The van der Waals surface area contributed by atoms with Crippen LogP contribution in [0.3, 0.4) is 0 Å². The summed E-state index contributed by atoms with van der Waals surface area (Å²) in [6.45, 7) is 16.1. The Bertz CT molecular complexity index is 623. The molecule has 2 N–H and O–H groups in total. The van der Waals surface area contributed by atoms with Crippen LogP contribution in [0.15, 0.2) is 6.07 Å². The molecule has 6 nitrogen and oxygen atoms in total. The Morgan fingerprint density at radius 2 is 1.85 bits per heavy atom. The monoisotopic (exact) mass is 400 g/mol. The molecule has 1 aromatic rings. The van der Waals surface area contributed by atoms with Crippen LogP contribution >= 0.6 is 11.3 Å². The van der Waals surface area contributed by atoms with Crippen molar-refractivity contribution in [1.29, 1.82) is 0 Å². The van der Waals surface area contributed by atoms with Gasteiger partial charge in [-0.15, -0.1) is 11.3 Å². The fourth-order valence-electron chi connectivity index (χ4n) is 1.88. The number of ether oxygens (including phenoxy) is 1. The van der Waals surface area contributed by atoms with E-state index >= 15 is 0 Å². The van der Waals surface area contributed by atoms with Crippen LogP contribution in [0.25, 0.3) is 0 Å². The Morgan fingerprint density at radius 1 is 1.19 bits per heavy atom. The van der Waals surface area contributed by atoms with Gasteiger partial charge in [0.2, 0.25) is 0 Å². The molecule has 0 aliphatic carbocycles. The lowest BCUT2D eigenvalue weighted by molar-refractivity contribution is 0.0944. The van der Waals surface area contributed by atoms with Crippen molar-refractivity contribution >= 4 is 31.7 Å². The molecule has 0 bridgehead atoms. The summed E-state index contributed by atoms with van der Waals surface area (Å²) in [6, 6.07) is 1.78. The summed E-state index contributed by atoms with van der Waals surface area (Å²) in [6.07, 6.45) is 0.227. The molecule has 0 radical (unpaired) electrons. The lowest BCUT2D eigenvalue weighted by Gasteiger charge is -2.36. The van der Waals surface area contributed by atoms with Crippen molar-refractivity contribution in [1.82, 2.24) is 10.6 Å². The average Bonchev–Trinajstić information content (AvgIpc) is 2.93. The van der Waals surface area contributed by atoms with Crippen molar-refractivity contribution in [3.05, 3.63) is 16.5 Å². The van der Waals surface area contributed by atoms with E-state index in [9.17, 15) is 9.59 Å². The van der Waals surface area contributed by atoms with Crippen LogP contribution in [0.5, 0.6) is 5.06 Å². The highest BCUT2D eigenvalue weighted by Crippen LogP contribution is 2.36. The Labute approximate surface area is 161 Å². The van der Waals surface area contributed by atoms with Crippen molar-refractivity contribution in [2.75, 3.05) is 19.7 Å². The predicted octanol–water partition coefficient (Wildman–Crippen LogP) is 4.17. The average molecular weight is 401 g/mol. The van der Waals surface area contributed by atoms with Gasteiger partial charge in [-0.05, 0) is 37.5 Å². The molecule has 0 spiro atoms. The molecule has 0 atom stereocenters. The third-order valence-electron chi connectivity index (χ3n) is 4.51. The molecule has 0 fully saturated rings. The van der Waals surface area contributed by atoms with E-state index < -0.39 is 14.4 Å². The molecule has 0 saturated carbocycles. The van der Waals surface area contributed by atoms with E-state index in [1.807, 2.05) is 13.8 Å². The molecule has 148 valence electrons. The van der Waals surface area contributed by atoms with Gasteiger partial charge < -0.3 is 19.8 Å². The fraction of sp³-hybridized carbons (Fsp3) is 0.667. The second-order valence-corrected chi connectivity index (χ2v) is 13.5. The molecule has 1 rings (SSSR count). The smallest absolute Gasteiger partial charge is 0.413 e. The van der Waals surface area contributed by atoms with Gasteiger partial charge in [-0.25, -0.2) is 4.79 Å². The first-order valence-electron chi connectivity index (χ1n) is 9.02. The van der Waals surface area contributed by atoms with Gasteiger partial charge in [0.05, 0.1) is 12.2 Å². The summed E-state index contributed by atoms with van der Waals surface area (Å²) in [5.41, 5.74) is 0.394. The molecule has 0 aliphatic heterocycles. The minimum absolute atomic E-state index is 0.133. The Morgan fingerprint density at radius 3 is 2.38 bits per heavy atom. The van der Waals surface area contributed by atoms with E-state index in [1.54, 1.807) is 6.07 Å². The van der Waals surface area contributed by atoms with Crippen molar-refractivity contribution < 1.29 is 18.8 Å². The number of hydrogen-bond donors (Lipinski definition) is 2. The maximum atomic E-state index is 12.5. The Hall–Kier alpha value is -1.38. The van der Waals surface area contributed by atoms with Crippen LogP contribution in [0.2, 0.25) is 18.1 Å². The van der Waals surface area contributed by atoms with Gasteiger partial charge in [-0.2, -0.15) is 0 Å². The largest absolute Gasteiger partial charge is 0.415 e. The number of carbonyl (C=O) groups is 2. The number of rotatable bonds is 8. The summed E-state index contributed by atoms with van der Waals surface area (Å²) in [4.78, 5) is 25.2. The van der Waals surface area contributed by atoms with Crippen molar-refractivity contribution in [2.24, 2.45) is 0 Å². The number of amides is 2. The van der Waals surface area contributed by atoms with Crippen LogP contribution in [0.1, 0.15) is 49.9 Å². The molecule has 0 aromatic carbocycles. The fourth-order valence-corrected chi connectivity index (χ4v) is 3.86. The van der Waals surface area contributed by atoms with Gasteiger partial charge >= 0.3 is 6.09 Å². The molecule has 0 unspecified atom stereocenters. The van der Waals surface area contributed by atoms with Gasteiger partial charge in [0.1, 0.15) is 0 Å². The van der Waals surface area contributed by atoms with Crippen LogP contribution in [-0.2, 0) is 10.8 Å². The van der Waals surface area contributed by atoms with E-state index in [4.69, 9.17) is 9.16 Å². The first-order chi connectivity index (χ1) is 12.0. The number of nitrogens with one attached hydrogen (secondary N) is 2. The number of carbonyl (C=O) groups excluding carboxylic acids is 2. The minimum Gasteiger partial charge on any atom is -0.415 e. The molecule has 1 aromatic heterocycles.